The molecule has 0 aliphatic heterocycles. The summed E-state index contributed by atoms with van der Waals surface area (Å²) in [6.45, 7) is 0.450. The third-order valence-electron chi connectivity index (χ3n) is 1.67. The van der Waals surface area contributed by atoms with E-state index in [1.54, 1.807) is 12.3 Å². The van der Waals surface area contributed by atoms with Crippen LogP contribution in [0.2, 0.25) is 0 Å². The standard InChI is InChI=1S/C7H8BrN7/c8-5-1-4(9)2-10-7(5)11-3-6-12-14-15-13-6/h1-2H,3,9H2,(H,10,11)(H,12,13,14,15). The van der Waals surface area contributed by atoms with Gasteiger partial charge in [0.1, 0.15) is 5.82 Å². The minimum atomic E-state index is 0.450. The van der Waals surface area contributed by atoms with Gasteiger partial charge in [-0.3, -0.25) is 0 Å². The normalized spacial score (nSPS) is 10.2. The molecule has 2 aromatic heterocycles. The summed E-state index contributed by atoms with van der Waals surface area (Å²) in [5.41, 5.74) is 6.16. The Morgan fingerprint density at radius 1 is 1.53 bits per heavy atom. The van der Waals surface area contributed by atoms with Gasteiger partial charge in [-0.2, -0.15) is 5.21 Å². The lowest BCUT2D eigenvalue weighted by atomic mass is 10.4. The number of anilines is 2. The first kappa shape index (κ1) is 9.84. The van der Waals surface area contributed by atoms with Crippen molar-refractivity contribution in [2.75, 3.05) is 11.1 Å². The van der Waals surface area contributed by atoms with Crippen molar-refractivity contribution in [3.05, 3.63) is 22.6 Å². The summed E-state index contributed by atoms with van der Waals surface area (Å²) in [6.07, 6.45) is 1.57. The largest absolute Gasteiger partial charge is 0.397 e. The second-order valence-corrected chi connectivity index (χ2v) is 3.64. The van der Waals surface area contributed by atoms with Crippen LogP contribution in [-0.4, -0.2) is 25.6 Å². The van der Waals surface area contributed by atoms with E-state index in [0.29, 0.717) is 23.9 Å². The smallest absolute Gasteiger partial charge is 0.193 e. The van der Waals surface area contributed by atoms with E-state index in [9.17, 15) is 0 Å². The molecule has 7 nitrogen and oxygen atoms in total. The Kier molecular flexibility index (Phi) is 2.77. The van der Waals surface area contributed by atoms with Gasteiger partial charge in [0.05, 0.1) is 22.9 Å². The zero-order chi connectivity index (χ0) is 10.7. The van der Waals surface area contributed by atoms with E-state index in [1.807, 2.05) is 0 Å². The Labute approximate surface area is 93.6 Å². The number of aromatic nitrogens is 5. The Morgan fingerprint density at radius 2 is 2.40 bits per heavy atom. The number of hydrogen-bond acceptors (Lipinski definition) is 6. The Balaban J connectivity index is 2.05. The number of nitrogens with one attached hydrogen (secondary N) is 2. The number of nitrogens with zero attached hydrogens (tertiary/aromatic N) is 4. The molecule has 2 rings (SSSR count). The minimum absolute atomic E-state index is 0.450. The molecule has 15 heavy (non-hydrogen) atoms. The molecular weight excluding hydrogens is 262 g/mol. The van der Waals surface area contributed by atoms with Gasteiger partial charge in [0, 0.05) is 0 Å². The summed E-state index contributed by atoms with van der Waals surface area (Å²) < 4.78 is 0.797. The highest BCUT2D eigenvalue weighted by Crippen LogP contribution is 2.21. The molecule has 0 unspecified atom stereocenters. The Morgan fingerprint density at radius 3 is 3.07 bits per heavy atom. The summed E-state index contributed by atoms with van der Waals surface area (Å²) in [6, 6.07) is 1.77. The topological polar surface area (TPSA) is 105 Å². The van der Waals surface area contributed by atoms with Gasteiger partial charge < -0.3 is 11.1 Å². The number of nitrogens with two attached hydrogens (primary N) is 1. The molecular formula is C7H8BrN7. The summed E-state index contributed by atoms with van der Waals surface area (Å²) in [7, 11) is 0. The summed E-state index contributed by atoms with van der Waals surface area (Å²) >= 11 is 3.34. The maximum atomic E-state index is 5.56. The molecule has 0 saturated carbocycles. The van der Waals surface area contributed by atoms with Gasteiger partial charge in [0.25, 0.3) is 0 Å². The van der Waals surface area contributed by atoms with Gasteiger partial charge >= 0.3 is 0 Å². The zero-order valence-electron chi connectivity index (χ0n) is 7.61. The molecule has 0 amide bonds. The van der Waals surface area contributed by atoms with E-state index < -0.39 is 0 Å². The van der Waals surface area contributed by atoms with E-state index in [4.69, 9.17) is 5.73 Å². The van der Waals surface area contributed by atoms with Crippen LogP contribution in [0.25, 0.3) is 0 Å². The van der Waals surface area contributed by atoms with Gasteiger partial charge in [-0.1, -0.05) is 5.21 Å². The zero-order valence-corrected chi connectivity index (χ0v) is 9.19. The molecule has 0 saturated heterocycles. The van der Waals surface area contributed by atoms with Crippen LogP contribution >= 0.6 is 15.9 Å². The van der Waals surface area contributed by atoms with Crippen LogP contribution < -0.4 is 11.1 Å². The maximum Gasteiger partial charge on any atom is 0.193 e. The van der Waals surface area contributed by atoms with Crippen LogP contribution in [0, 0.1) is 0 Å². The molecule has 4 N–H and O–H groups in total. The van der Waals surface area contributed by atoms with Crippen molar-refractivity contribution in [1.82, 2.24) is 25.6 Å². The van der Waals surface area contributed by atoms with Crippen molar-refractivity contribution in [3.63, 3.8) is 0 Å². The van der Waals surface area contributed by atoms with Crippen LogP contribution in [-0.2, 0) is 6.54 Å². The number of rotatable bonds is 3. The van der Waals surface area contributed by atoms with Crippen molar-refractivity contribution >= 4 is 27.4 Å². The summed E-state index contributed by atoms with van der Waals surface area (Å²) in [5, 5.41) is 16.5. The molecule has 0 aromatic carbocycles. The predicted molar refractivity (Wildman–Crippen MR) is 57.9 cm³/mol. The summed E-state index contributed by atoms with van der Waals surface area (Å²) in [5.74, 6) is 1.26. The average Bonchev–Trinajstić information content (AvgIpc) is 2.69. The summed E-state index contributed by atoms with van der Waals surface area (Å²) in [4.78, 5) is 4.11. The van der Waals surface area contributed by atoms with Crippen molar-refractivity contribution in [2.24, 2.45) is 0 Å². The number of aromatic amines is 1. The monoisotopic (exact) mass is 269 g/mol. The lowest BCUT2D eigenvalue weighted by molar-refractivity contribution is 0.881. The first-order valence-corrected chi connectivity index (χ1v) is 4.92. The lowest BCUT2D eigenvalue weighted by Gasteiger charge is -2.05. The van der Waals surface area contributed by atoms with Gasteiger partial charge in [0.15, 0.2) is 5.82 Å². The number of halogens is 1. The predicted octanol–water partition coefficient (Wildman–Crippen LogP) is 0.551. The molecule has 2 heterocycles. The van der Waals surface area contributed by atoms with Gasteiger partial charge in [-0.25, -0.2) is 4.98 Å². The second kappa shape index (κ2) is 4.22. The van der Waals surface area contributed by atoms with E-state index in [0.717, 1.165) is 4.47 Å². The van der Waals surface area contributed by atoms with Crippen LogP contribution in [0.1, 0.15) is 5.82 Å². The number of H-pyrrole nitrogens is 1. The second-order valence-electron chi connectivity index (χ2n) is 2.78. The van der Waals surface area contributed by atoms with Gasteiger partial charge in [0.2, 0.25) is 0 Å². The number of hydrogen-bond donors (Lipinski definition) is 3. The molecule has 0 spiro atoms. The Bertz CT molecular complexity index is 441. The number of tetrazole rings is 1. The first-order chi connectivity index (χ1) is 7.25. The number of nitrogen functional groups attached to an aromatic ring is 1. The first-order valence-electron chi connectivity index (χ1n) is 4.13. The average molecular weight is 270 g/mol. The molecule has 8 heteroatoms. The highest BCUT2D eigenvalue weighted by Gasteiger charge is 2.03. The number of pyridine rings is 1. The molecule has 0 aliphatic carbocycles. The maximum absolute atomic E-state index is 5.56. The van der Waals surface area contributed by atoms with Gasteiger partial charge in [-0.15, -0.1) is 10.2 Å². The minimum Gasteiger partial charge on any atom is -0.397 e. The quantitative estimate of drug-likeness (QED) is 0.752. The third-order valence-corrected chi connectivity index (χ3v) is 2.27. The van der Waals surface area contributed by atoms with E-state index >= 15 is 0 Å². The van der Waals surface area contributed by atoms with Gasteiger partial charge in [-0.05, 0) is 22.0 Å². The SMILES string of the molecule is Nc1cnc(NCc2nn[nH]n2)c(Br)c1. The Hall–Kier alpha value is -1.70. The fourth-order valence-corrected chi connectivity index (χ4v) is 1.51. The van der Waals surface area contributed by atoms with Crippen LogP contribution in [0.5, 0.6) is 0 Å². The van der Waals surface area contributed by atoms with Crippen molar-refractivity contribution in [1.29, 1.82) is 0 Å². The van der Waals surface area contributed by atoms with E-state index in [1.165, 1.54) is 0 Å². The lowest BCUT2D eigenvalue weighted by Crippen LogP contribution is -2.04. The molecule has 2 aromatic rings. The molecule has 0 fully saturated rings. The van der Waals surface area contributed by atoms with E-state index in [2.05, 4.69) is 46.9 Å². The molecule has 0 radical (unpaired) electrons. The fourth-order valence-electron chi connectivity index (χ4n) is 1.00. The van der Waals surface area contributed by atoms with Crippen LogP contribution in [0.4, 0.5) is 11.5 Å². The van der Waals surface area contributed by atoms with Crippen molar-refractivity contribution in [2.45, 2.75) is 6.54 Å². The highest BCUT2D eigenvalue weighted by molar-refractivity contribution is 9.10. The molecule has 0 aliphatic rings. The molecule has 78 valence electrons. The fraction of sp³-hybridized carbons (Fsp3) is 0.143. The molecule has 0 bridgehead atoms. The van der Waals surface area contributed by atoms with Crippen LogP contribution in [0.15, 0.2) is 16.7 Å². The highest BCUT2D eigenvalue weighted by atomic mass is 79.9. The van der Waals surface area contributed by atoms with Crippen molar-refractivity contribution < 1.29 is 0 Å². The molecule has 0 atom stereocenters. The third kappa shape index (κ3) is 2.40. The van der Waals surface area contributed by atoms with Crippen molar-refractivity contribution in [3.8, 4) is 0 Å². The van der Waals surface area contributed by atoms with Crippen LogP contribution in [0.3, 0.4) is 0 Å². The van der Waals surface area contributed by atoms with E-state index in [-0.39, 0.29) is 0 Å².